The summed E-state index contributed by atoms with van der Waals surface area (Å²) in [7, 11) is 0. The van der Waals surface area contributed by atoms with Gasteiger partial charge in [-0.3, -0.25) is 9.48 Å². The number of fused-ring (bicyclic) bond motifs is 1. The largest absolute Gasteiger partial charge is 0.486 e. The molecule has 0 spiro atoms. The molecule has 1 N–H and O–H groups in total. The Hall–Kier alpha value is -3.35. The monoisotopic (exact) mass is 364 g/mol. The van der Waals surface area contributed by atoms with Crippen molar-refractivity contribution in [2.75, 3.05) is 13.2 Å². The third-order valence-electron chi connectivity index (χ3n) is 4.30. The average molecular weight is 364 g/mol. The zero-order valence-corrected chi connectivity index (χ0v) is 14.7. The van der Waals surface area contributed by atoms with Crippen LogP contribution in [0.1, 0.15) is 16.1 Å². The normalized spacial score (nSPS) is 15.3. The predicted octanol–water partition coefficient (Wildman–Crippen LogP) is 2.09. The lowest BCUT2D eigenvalue weighted by Crippen LogP contribution is -2.40. The van der Waals surface area contributed by atoms with Crippen LogP contribution in [0.2, 0.25) is 0 Å². The van der Waals surface area contributed by atoms with E-state index in [0.717, 1.165) is 12.2 Å². The van der Waals surface area contributed by atoms with Crippen molar-refractivity contribution in [1.82, 2.24) is 20.3 Å². The summed E-state index contributed by atoms with van der Waals surface area (Å²) in [5, 5.41) is 10.8. The van der Waals surface area contributed by atoms with E-state index in [9.17, 15) is 4.79 Å². The molecule has 0 saturated carbocycles. The summed E-state index contributed by atoms with van der Waals surface area (Å²) < 4.78 is 13.2. The minimum Gasteiger partial charge on any atom is -0.486 e. The molecule has 7 nitrogen and oxygen atoms in total. The second kappa shape index (κ2) is 7.90. The molecular formula is C20H20N4O3. The van der Waals surface area contributed by atoms with Crippen molar-refractivity contribution in [2.24, 2.45) is 0 Å². The van der Waals surface area contributed by atoms with Crippen molar-refractivity contribution in [3.63, 3.8) is 0 Å². The minimum absolute atomic E-state index is 0.239. The van der Waals surface area contributed by atoms with Crippen LogP contribution < -0.4 is 14.8 Å². The number of amides is 1. The van der Waals surface area contributed by atoms with Gasteiger partial charge in [0.15, 0.2) is 17.2 Å². The molecule has 1 aliphatic heterocycles. The Morgan fingerprint density at radius 1 is 1.11 bits per heavy atom. The number of ether oxygens (including phenoxy) is 2. The Bertz CT molecular complexity index is 910. The van der Waals surface area contributed by atoms with Gasteiger partial charge in [0, 0.05) is 6.54 Å². The average Bonchev–Trinajstić information content (AvgIpc) is 3.20. The lowest BCUT2D eigenvalue weighted by Gasteiger charge is -2.26. The molecule has 2 aromatic carbocycles. The van der Waals surface area contributed by atoms with Gasteiger partial charge >= 0.3 is 0 Å². The summed E-state index contributed by atoms with van der Waals surface area (Å²) in [4.78, 5) is 12.3. The number of rotatable bonds is 6. The molecule has 0 radical (unpaired) electrons. The van der Waals surface area contributed by atoms with Gasteiger partial charge in [0.1, 0.15) is 12.7 Å². The second-order valence-corrected chi connectivity index (χ2v) is 6.31. The lowest BCUT2D eigenvalue weighted by atomic mass is 10.1. The highest BCUT2D eigenvalue weighted by molar-refractivity contribution is 5.91. The van der Waals surface area contributed by atoms with Gasteiger partial charge in [-0.05, 0) is 24.1 Å². The van der Waals surface area contributed by atoms with Crippen LogP contribution in [0.4, 0.5) is 0 Å². The zero-order valence-electron chi connectivity index (χ0n) is 14.7. The number of nitrogens with zero attached hydrogens (tertiary/aromatic N) is 3. The molecule has 1 amide bonds. The van der Waals surface area contributed by atoms with Crippen LogP contribution >= 0.6 is 0 Å². The van der Waals surface area contributed by atoms with E-state index in [0.29, 0.717) is 31.1 Å². The molecule has 0 fully saturated rings. The number of aryl methyl sites for hydroxylation is 2. The number of carbonyl (C=O) groups is 1. The van der Waals surface area contributed by atoms with Crippen molar-refractivity contribution >= 4 is 5.91 Å². The van der Waals surface area contributed by atoms with Crippen LogP contribution in [0.3, 0.4) is 0 Å². The Morgan fingerprint density at radius 3 is 2.74 bits per heavy atom. The first kappa shape index (κ1) is 17.1. The number of carbonyl (C=O) groups excluding carboxylic acids is 1. The fraction of sp³-hybridized carbons (Fsp3) is 0.250. The zero-order chi connectivity index (χ0) is 18.5. The van der Waals surface area contributed by atoms with Crippen LogP contribution in [0.15, 0.2) is 60.8 Å². The van der Waals surface area contributed by atoms with Gasteiger partial charge in [-0.2, -0.15) is 0 Å². The van der Waals surface area contributed by atoms with E-state index >= 15 is 0 Å². The first-order chi connectivity index (χ1) is 13.3. The maximum Gasteiger partial charge on any atom is 0.273 e. The van der Waals surface area contributed by atoms with E-state index in [4.69, 9.17) is 9.47 Å². The van der Waals surface area contributed by atoms with E-state index in [1.807, 2.05) is 42.5 Å². The van der Waals surface area contributed by atoms with Crippen LogP contribution in [-0.4, -0.2) is 40.2 Å². The van der Waals surface area contributed by atoms with Crippen LogP contribution in [0.5, 0.6) is 11.5 Å². The highest BCUT2D eigenvalue weighted by Crippen LogP contribution is 2.30. The van der Waals surface area contributed by atoms with Gasteiger partial charge in [0.25, 0.3) is 5.91 Å². The molecule has 1 aromatic heterocycles. The second-order valence-electron chi connectivity index (χ2n) is 6.31. The van der Waals surface area contributed by atoms with Crippen molar-refractivity contribution in [3.05, 3.63) is 72.1 Å². The van der Waals surface area contributed by atoms with Crippen LogP contribution in [-0.2, 0) is 13.0 Å². The van der Waals surface area contributed by atoms with Crippen molar-refractivity contribution in [2.45, 2.75) is 19.1 Å². The van der Waals surface area contributed by atoms with Crippen molar-refractivity contribution < 1.29 is 14.3 Å². The SMILES string of the molecule is O=C(NC[C@@H]1COc2ccccc2O1)c1cn(CCc2ccccc2)nn1. The molecule has 1 aliphatic rings. The van der Waals surface area contributed by atoms with Crippen LogP contribution in [0.25, 0.3) is 0 Å². The molecule has 7 heteroatoms. The molecule has 4 rings (SSSR count). The van der Waals surface area contributed by atoms with Crippen molar-refractivity contribution in [3.8, 4) is 11.5 Å². The van der Waals surface area contributed by atoms with Crippen molar-refractivity contribution in [1.29, 1.82) is 0 Å². The van der Waals surface area contributed by atoms with Gasteiger partial charge in [-0.25, -0.2) is 0 Å². The summed E-state index contributed by atoms with van der Waals surface area (Å²) in [6.07, 6.45) is 2.25. The number of aromatic nitrogens is 3. The highest BCUT2D eigenvalue weighted by atomic mass is 16.6. The highest BCUT2D eigenvalue weighted by Gasteiger charge is 2.21. The fourth-order valence-electron chi connectivity index (χ4n) is 2.86. The van der Waals surface area contributed by atoms with E-state index in [-0.39, 0.29) is 12.0 Å². The third-order valence-corrected chi connectivity index (χ3v) is 4.30. The van der Waals surface area contributed by atoms with Gasteiger partial charge in [-0.15, -0.1) is 5.10 Å². The maximum atomic E-state index is 12.3. The van der Waals surface area contributed by atoms with E-state index < -0.39 is 0 Å². The third kappa shape index (κ3) is 4.25. The number of para-hydroxylation sites is 2. The fourth-order valence-corrected chi connectivity index (χ4v) is 2.86. The molecule has 0 unspecified atom stereocenters. The Morgan fingerprint density at radius 2 is 1.89 bits per heavy atom. The first-order valence-corrected chi connectivity index (χ1v) is 8.89. The quantitative estimate of drug-likeness (QED) is 0.725. The Kier molecular flexibility index (Phi) is 5.00. The standard InChI is InChI=1S/C20H20N4O3/c25-20(21-12-16-14-26-18-8-4-5-9-19(18)27-16)17-13-24(23-22-17)11-10-15-6-2-1-3-7-15/h1-9,13,16H,10-12,14H2,(H,21,25)/t16-/m1/s1. The summed E-state index contributed by atoms with van der Waals surface area (Å²) in [6.45, 7) is 1.39. The molecule has 1 atom stereocenters. The number of nitrogens with one attached hydrogen (secondary N) is 1. The topological polar surface area (TPSA) is 78.3 Å². The molecular weight excluding hydrogens is 344 g/mol. The molecule has 0 aliphatic carbocycles. The molecule has 0 saturated heterocycles. The molecule has 27 heavy (non-hydrogen) atoms. The van der Waals surface area contributed by atoms with E-state index in [1.54, 1.807) is 10.9 Å². The summed E-state index contributed by atoms with van der Waals surface area (Å²) >= 11 is 0. The number of benzene rings is 2. The van der Waals surface area contributed by atoms with Crippen LogP contribution in [0, 0.1) is 0 Å². The first-order valence-electron chi connectivity index (χ1n) is 8.89. The molecule has 3 aromatic rings. The van der Waals surface area contributed by atoms with E-state index in [1.165, 1.54) is 5.56 Å². The van der Waals surface area contributed by atoms with E-state index in [2.05, 4.69) is 27.8 Å². The lowest BCUT2D eigenvalue weighted by molar-refractivity contribution is 0.0786. The smallest absolute Gasteiger partial charge is 0.273 e. The Balaban J connectivity index is 1.27. The summed E-state index contributed by atoms with van der Waals surface area (Å²) in [5.41, 5.74) is 1.51. The molecule has 138 valence electrons. The maximum absolute atomic E-state index is 12.3. The molecule has 0 bridgehead atoms. The number of hydrogen-bond acceptors (Lipinski definition) is 5. The molecule has 2 heterocycles. The van der Waals surface area contributed by atoms with Gasteiger partial charge in [0.05, 0.1) is 12.7 Å². The minimum atomic E-state index is -0.275. The van der Waals surface area contributed by atoms with Gasteiger partial charge in [-0.1, -0.05) is 47.7 Å². The van der Waals surface area contributed by atoms with Gasteiger partial charge in [0.2, 0.25) is 0 Å². The predicted molar refractivity (Wildman–Crippen MR) is 98.9 cm³/mol. The number of hydrogen-bond donors (Lipinski definition) is 1. The summed E-state index contributed by atoms with van der Waals surface area (Å²) in [5.74, 6) is 1.14. The van der Waals surface area contributed by atoms with Gasteiger partial charge < -0.3 is 14.8 Å². The Labute approximate surface area is 156 Å². The summed E-state index contributed by atoms with van der Waals surface area (Å²) in [6, 6.07) is 17.6.